The lowest BCUT2D eigenvalue weighted by atomic mass is 9.90. The first-order valence-corrected chi connectivity index (χ1v) is 6.44. The molecule has 2 N–H and O–H groups in total. The number of halogens is 2. The van der Waals surface area contributed by atoms with Gasteiger partial charge in [-0.2, -0.15) is 0 Å². The molecule has 1 fully saturated rings. The molecular formula is C12H24F2N2O. The van der Waals surface area contributed by atoms with Crippen LogP contribution in [0.1, 0.15) is 26.7 Å². The van der Waals surface area contributed by atoms with Crippen LogP contribution < -0.4 is 5.32 Å². The molecule has 3 nitrogen and oxygen atoms in total. The van der Waals surface area contributed by atoms with E-state index in [2.05, 4.69) is 17.1 Å². The van der Waals surface area contributed by atoms with E-state index in [1.54, 1.807) is 6.92 Å². The number of nitrogens with zero attached hydrogens (tertiary/aromatic N) is 1. The van der Waals surface area contributed by atoms with E-state index >= 15 is 0 Å². The van der Waals surface area contributed by atoms with Crippen molar-refractivity contribution in [1.29, 1.82) is 0 Å². The van der Waals surface area contributed by atoms with Crippen LogP contribution in [0.5, 0.6) is 0 Å². The van der Waals surface area contributed by atoms with Gasteiger partial charge in [-0.05, 0) is 32.2 Å². The average Bonchev–Trinajstić information content (AvgIpc) is 2.26. The topological polar surface area (TPSA) is 35.5 Å². The predicted octanol–water partition coefficient (Wildman–Crippen LogP) is 1.32. The molecule has 0 amide bonds. The first-order chi connectivity index (χ1) is 8.02. The van der Waals surface area contributed by atoms with Crippen LogP contribution in [0.3, 0.4) is 0 Å². The van der Waals surface area contributed by atoms with Crippen LogP contribution >= 0.6 is 0 Å². The molecule has 1 rings (SSSR count). The van der Waals surface area contributed by atoms with E-state index in [0.29, 0.717) is 0 Å². The van der Waals surface area contributed by atoms with E-state index in [4.69, 9.17) is 0 Å². The molecule has 3 atom stereocenters. The van der Waals surface area contributed by atoms with Gasteiger partial charge in [-0.1, -0.05) is 6.92 Å². The van der Waals surface area contributed by atoms with E-state index < -0.39 is 6.43 Å². The molecule has 1 heterocycles. The van der Waals surface area contributed by atoms with Crippen molar-refractivity contribution in [3.05, 3.63) is 0 Å². The summed E-state index contributed by atoms with van der Waals surface area (Å²) in [5.74, 6) is 0.186. The molecule has 0 bridgehead atoms. The van der Waals surface area contributed by atoms with Crippen LogP contribution in [0.4, 0.5) is 8.78 Å². The Morgan fingerprint density at radius 3 is 2.65 bits per heavy atom. The molecule has 1 aliphatic heterocycles. The van der Waals surface area contributed by atoms with E-state index in [-0.39, 0.29) is 24.6 Å². The van der Waals surface area contributed by atoms with Gasteiger partial charge in [0, 0.05) is 19.1 Å². The van der Waals surface area contributed by atoms with Crippen LogP contribution in [-0.2, 0) is 0 Å². The van der Waals surface area contributed by atoms with E-state index in [1.807, 2.05) is 0 Å². The smallest absolute Gasteiger partial charge is 0.250 e. The Hall–Kier alpha value is -0.260. The number of hydrogen-bond acceptors (Lipinski definition) is 3. The normalized spacial score (nSPS) is 28.6. The zero-order chi connectivity index (χ0) is 12.8. The van der Waals surface area contributed by atoms with Gasteiger partial charge in [0.15, 0.2) is 0 Å². The second kappa shape index (κ2) is 7.24. The van der Waals surface area contributed by atoms with Gasteiger partial charge in [-0.25, -0.2) is 8.78 Å². The third-order valence-electron chi connectivity index (χ3n) is 3.34. The third-order valence-corrected chi connectivity index (χ3v) is 3.34. The van der Waals surface area contributed by atoms with Crippen LogP contribution in [-0.4, -0.2) is 54.8 Å². The summed E-state index contributed by atoms with van der Waals surface area (Å²) in [5, 5.41) is 12.5. The molecule has 0 radical (unpaired) electrons. The zero-order valence-corrected chi connectivity index (χ0v) is 10.7. The van der Waals surface area contributed by atoms with Crippen molar-refractivity contribution >= 4 is 0 Å². The Kier molecular flexibility index (Phi) is 6.30. The fraction of sp³-hybridized carbons (Fsp3) is 1.00. The Morgan fingerprint density at radius 2 is 2.12 bits per heavy atom. The summed E-state index contributed by atoms with van der Waals surface area (Å²) in [6.45, 7) is 6.28. The molecule has 0 aromatic rings. The van der Waals surface area contributed by atoms with Gasteiger partial charge in [0.25, 0.3) is 6.43 Å². The second-order valence-electron chi connectivity index (χ2n) is 4.99. The molecule has 0 saturated carbocycles. The molecule has 3 unspecified atom stereocenters. The number of piperidine rings is 1. The number of rotatable bonds is 6. The molecular weight excluding hydrogens is 226 g/mol. The van der Waals surface area contributed by atoms with E-state index in [0.717, 1.165) is 32.5 Å². The minimum atomic E-state index is -2.30. The Balaban J connectivity index is 2.46. The Morgan fingerprint density at radius 1 is 1.41 bits per heavy atom. The maximum Gasteiger partial charge on any atom is 0.250 e. The summed E-state index contributed by atoms with van der Waals surface area (Å²) in [5.41, 5.74) is 0. The van der Waals surface area contributed by atoms with Crippen molar-refractivity contribution in [3.63, 3.8) is 0 Å². The standard InChI is InChI=1S/C12H24F2N2O/c1-3-4-16-7-10(9(2)17)5-11(8-16)15-6-12(13)14/h9-12,15,17H,3-8H2,1-2H3. The third kappa shape index (κ3) is 5.27. The molecule has 102 valence electrons. The summed E-state index contributed by atoms with van der Waals surface area (Å²) in [6, 6.07) is 0.0731. The average molecular weight is 250 g/mol. The largest absolute Gasteiger partial charge is 0.393 e. The second-order valence-corrected chi connectivity index (χ2v) is 4.99. The summed E-state index contributed by atoms with van der Waals surface area (Å²) in [7, 11) is 0. The summed E-state index contributed by atoms with van der Waals surface area (Å²) < 4.78 is 24.3. The number of alkyl halides is 2. The van der Waals surface area contributed by atoms with Crippen LogP contribution in [0, 0.1) is 5.92 Å². The first-order valence-electron chi connectivity index (χ1n) is 6.44. The SMILES string of the molecule is CCCN1CC(NCC(F)F)CC(C(C)O)C1. The molecule has 0 aromatic carbocycles. The number of likely N-dealkylation sites (tertiary alicyclic amines) is 1. The van der Waals surface area contributed by atoms with Gasteiger partial charge in [-0.3, -0.25) is 0 Å². The fourth-order valence-corrected chi connectivity index (χ4v) is 2.48. The van der Waals surface area contributed by atoms with Crippen LogP contribution in [0.2, 0.25) is 0 Å². The van der Waals surface area contributed by atoms with Crippen molar-refractivity contribution in [1.82, 2.24) is 10.2 Å². The van der Waals surface area contributed by atoms with Gasteiger partial charge in [0.1, 0.15) is 0 Å². The summed E-state index contributed by atoms with van der Waals surface area (Å²) >= 11 is 0. The Bertz CT molecular complexity index is 215. The van der Waals surface area contributed by atoms with Crippen molar-refractivity contribution in [2.75, 3.05) is 26.2 Å². The van der Waals surface area contributed by atoms with Crippen molar-refractivity contribution < 1.29 is 13.9 Å². The van der Waals surface area contributed by atoms with Gasteiger partial charge in [0.05, 0.1) is 12.6 Å². The van der Waals surface area contributed by atoms with Gasteiger partial charge in [-0.15, -0.1) is 0 Å². The van der Waals surface area contributed by atoms with Crippen LogP contribution in [0.15, 0.2) is 0 Å². The van der Waals surface area contributed by atoms with Crippen molar-refractivity contribution in [2.24, 2.45) is 5.92 Å². The number of hydrogen-bond donors (Lipinski definition) is 2. The minimum absolute atomic E-state index is 0.0731. The van der Waals surface area contributed by atoms with E-state index in [9.17, 15) is 13.9 Å². The molecule has 5 heteroatoms. The lowest BCUT2D eigenvalue weighted by Crippen LogP contribution is -2.52. The van der Waals surface area contributed by atoms with Gasteiger partial charge >= 0.3 is 0 Å². The molecule has 1 saturated heterocycles. The first kappa shape index (κ1) is 14.8. The maximum atomic E-state index is 12.2. The minimum Gasteiger partial charge on any atom is -0.393 e. The highest BCUT2D eigenvalue weighted by Gasteiger charge is 2.29. The summed E-state index contributed by atoms with van der Waals surface area (Å²) in [4.78, 5) is 2.25. The number of nitrogens with one attached hydrogen (secondary N) is 1. The van der Waals surface area contributed by atoms with Crippen molar-refractivity contribution in [2.45, 2.75) is 45.3 Å². The molecule has 1 aliphatic rings. The molecule has 0 aliphatic carbocycles. The van der Waals surface area contributed by atoms with Crippen molar-refractivity contribution in [3.8, 4) is 0 Å². The fourth-order valence-electron chi connectivity index (χ4n) is 2.48. The highest BCUT2D eigenvalue weighted by molar-refractivity contribution is 4.85. The maximum absolute atomic E-state index is 12.2. The van der Waals surface area contributed by atoms with Crippen LogP contribution in [0.25, 0.3) is 0 Å². The zero-order valence-electron chi connectivity index (χ0n) is 10.7. The lowest BCUT2D eigenvalue weighted by molar-refractivity contribution is 0.0434. The molecule has 0 aromatic heterocycles. The van der Waals surface area contributed by atoms with E-state index in [1.165, 1.54) is 0 Å². The highest BCUT2D eigenvalue weighted by atomic mass is 19.3. The molecule has 17 heavy (non-hydrogen) atoms. The summed E-state index contributed by atoms with van der Waals surface area (Å²) in [6.07, 6.45) is -0.842. The Labute approximate surface area is 102 Å². The number of aliphatic hydroxyl groups excluding tert-OH is 1. The monoisotopic (exact) mass is 250 g/mol. The quantitative estimate of drug-likeness (QED) is 0.746. The predicted molar refractivity (Wildman–Crippen MR) is 64.3 cm³/mol. The van der Waals surface area contributed by atoms with Gasteiger partial charge < -0.3 is 15.3 Å². The number of aliphatic hydroxyl groups is 1. The highest BCUT2D eigenvalue weighted by Crippen LogP contribution is 2.20. The lowest BCUT2D eigenvalue weighted by Gasteiger charge is -2.39. The molecule has 0 spiro atoms. The van der Waals surface area contributed by atoms with Gasteiger partial charge in [0.2, 0.25) is 0 Å².